The number of hydrogen-bond acceptors (Lipinski definition) is 4. The summed E-state index contributed by atoms with van der Waals surface area (Å²) in [6, 6.07) is 11.0. The van der Waals surface area contributed by atoms with E-state index in [1.807, 2.05) is 6.07 Å². The number of carbonyl (C=O) groups is 1. The van der Waals surface area contributed by atoms with Crippen molar-refractivity contribution in [3.05, 3.63) is 65.2 Å². The van der Waals surface area contributed by atoms with Crippen LogP contribution in [0.15, 0.2) is 42.5 Å². The Labute approximate surface area is 149 Å². The highest BCUT2D eigenvalue weighted by atomic mass is 19.1. The molecule has 2 aromatic carbocycles. The smallest absolute Gasteiger partial charge is 0.411 e. The molecule has 0 spiro atoms. The third-order valence-electron chi connectivity index (χ3n) is 4.62. The molecule has 7 heteroatoms. The van der Waals surface area contributed by atoms with Crippen LogP contribution in [-0.4, -0.2) is 29.5 Å². The Hall–Kier alpha value is -2.51. The van der Waals surface area contributed by atoms with Gasteiger partial charge < -0.3 is 14.9 Å². The van der Waals surface area contributed by atoms with Gasteiger partial charge in [0, 0.05) is 30.4 Å². The first-order valence-electron chi connectivity index (χ1n) is 8.23. The van der Waals surface area contributed by atoms with Gasteiger partial charge in [-0.15, -0.1) is 0 Å². The van der Waals surface area contributed by atoms with Gasteiger partial charge in [0.05, 0.1) is 0 Å². The lowest BCUT2D eigenvalue weighted by Crippen LogP contribution is -2.14. The van der Waals surface area contributed by atoms with Crippen LogP contribution in [-0.2, 0) is 11.3 Å². The molecule has 0 radical (unpaired) electrons. The van der Waals surface area contributed by atoms with Crippen LogP contribution in [0, 0.1) is 23.5 Å². The van der Waals surface area contributed by atoms with E-state index in [1.165, 1.54) is 0 Å². The quantitative estimate of drug-likeness (QED) is 0.737. The first-order chi connectivity index (χ1) is 12.5. The molecule has 0 bridgehead atoms. The minimum Gasteiger partial charge on any atom is -0.444 e. The molecule has 2 aromatic rings. The minimum atomic E-state index is -0.831. The summed E-state index contributed by atoms with van der Waals surface area (Å²) in [6.45, 7) is -0.463. The zero-order valence-electron chi connectivity index (χ0n) is 13.9. The lowest BCUT2D eigenvalue weighted by Gasteiger charge is -2.10. The highest BCUT2D eigenvalue weighted by Gasteiger charge is 2.52. The van der Waals surface area contributed by atoms with E-state index in [2.05, 4.69) is 5.32 Å². The molecule has 1 aliphatic rings. The number of carbonyl (C=O) groups excluding carboxylic acids is 1. The SMILES string of the molecule is O=C(Nc1cc(F)c(C2[C@@H](CO)[C@H]2CO)c(F)c1)OCc1ccccc1. The van der Waals surface area contributed by atoms with E-state index in [0.29, 0.717) is 0 Å². The predicted octanol–water partition coefficient (Wildman–Crippen LogP) is 3.03. The second kappa shape index (κ2) is 7.80. The summed E-state index contributed by atoms with van der Waals surface area (Å²) >= 11 is 0. The summed E-state index contributed by atoms with van der Waals surface area (Å²) in [5.41, 5.74) is 0.545. The Balaban J connectivity index is 1.65. The fourth-order valence-electron chi connectivity index (χ4n) is 3.22. The van der Waals surface area contributed by atoms with E-state index in [1.54, 1.807) is 24.3 Å². The average Bonchev–Trinajstić information content (AvgIpc) is 3.33. The van der Waals surface area contributed by atoms with Crippen molar-refractivity contribution < 1.29 is 28.5 Å². The van der Waals surface area contributed by atoms with Crippen molar-refractivity contribution in [3.63, 3.8) is 0 Å². The molecule has 3 atom stereocenters. The van der Waals surface area contributed by atoms with Crippen molar-refractivity contribution in [2.45, 2.75) is 12.5 Å². The van der Waals surface area contributed by atoms with E-state index in [4.69, 9.17) is 4.74 Å². The number of halogens is 2. The van der Waals surface area contributed by atoms with Gasteiger partial charge in [0.15, 0.2) is 0 Å². The van der Waals surface area contributed by atoms with Gasteiger partial charge in [-0.1, -0.05) is 30.3 Å². The van der Waals surface area contributed by atoms with Crippen LogP contribution >= 0.6 is 0 Å². The van der Waals surface area contributed by atoms with Gasteiger partial charge in [0.2, 0.25) is 0 Å². The fraction of sp³-hybridized carbons (Fsp3) is 0.316. The third kappa shape index (κ3) is 3.84. The van der Waals surface area contributed by atoms with Crippen molar-refractivity contribution in [1.82, 2.24) is 0 Å². The zero-order chi connectivity index (χ0) is 18.7. The van der Waals surface area contributed by atoms with Gasteiger partial charge in [-0.2, -0.15) is 0 Å². The highest BCUT2D eigenvalue weighted by Crippen LogP contribution is 2.54. The van der Waals surface area contributed by atoms with Crippen LogP contribution in [0.1, 0.15) is 17.0 Å². The predicted molar refractivity (Wildman–Crippen MR) is 90.5 cm³/mol. The molecule has 0 aromatic heterocycles. The van der Waals surface area contributed by atoms with Crippen LogP contribution in [0.25, 0.3) is 0 Å². The maximum Gasteiger partial charge on any atom is 0.411 e. The number of aliphatic hydroxyl groups is 2. The minimum absolute atomic E-state index is 0.0359. The molecule has 3 rings (SSSR count). The standard InChI is InChI=1S/C19H19F2NO4/c20-15-6-12(22-19(25)26-10-11-4-2-1-3-5-11)7-16(21)18(15)17-13(8-23)14(17)9-24/h1-7,13-14,17,23-24H,8-10H2,(H,22,25)/t13-,14+,17?. The molecule has 1 saturated carbocycles. The largest absolute Gasteiger partial charge is 0.444 e. The maximum atomic E-state index is 14.3. The average molecular weight is 363 g/mol. The molecular weight excluding hydrogens is 344 g/mol. The van der Waals surface area contributed by atoms with E-state index in [9.17, 15) is 23.8 Å². The van der Waals surface area contributed by atoms with Crippen LogP contribution in [0.4, 0.5) is 19.3 Å². The van der Waals surface area contributed by atoms with Gasteiger partial charge in [-0.3, -0.25) is 5.32 Å². The van der Waals surface area contributed by atoms with Crippen LogP contribution in [0.3, 0.4) is 0 Å². The summed E-state index contributed by atoms with van der Waals surface area (Å²) in [5, 5.41) is 20.7. The summed E-state index contributed by atoms with van der Waals surface area (Å²) in [6.07, 6.45) is -0.826. The third-order valence-corrected chi connectivity index (χ3v) is 4.62. The van der Waals surface area contributed by atoms with Crippen molar-refractivity contribution in [2.24, 2.45) is 11.8 Å². The molecule has 1 unspecified atom stereocenters. The van der Waals surface area contributed by atoms with Crippen LogP contribution in [0.2, 0.25) is 0 Å². The van der Waals surface area contributed by atoms with Crippen LogP contribution in [0.5, 0.6) is 0 Å². The van der Waals surface area contributed by atoms with Gasteiger partial charge >= 0.3 is 6.09 Å². The molecular formula is C19H19F2NO4. The molecule has 0 heterocycles. The number of amides is 1. The molecule has 0 saturated heterocycles. The molecule has 26 heavy (non-hydrogen) atoms. The zero-order valence-corrected chi connectivity index (χ0v) is 13.9. The van der Waals surface area contributed by atoms with E-state index >= 15 is 0 Å². The number of hydrogen-bond donors (Lipinski definition) is 3. The first kappa shape index (κ1) is 18.3. The highest BCUT2D eigenvalue weighted by molar-refractivity contribution is 5.84. The van der Waals surface area contributed by atoms with Crippen molar-refractivity contribution >= 4 is 11.8 Å². The number of ether oxygens (including phenoxy) is 1. The first-order valence-corrected chi connectivity index (χ1v) is 8.23. The van der Waals surface area contributed by atoms with Crippen molar-refractivity contribution in [2.75, 3.05) is 18.5 Å². The lowest BCUT2D eigenvalue weighted by atomic mass is 10.1. The number of aliphatic hydroxyl groups excluding tert-OH is 2. The monoisotopic (exact) mass is 363 g/mol. The van der Waals surface area contributed by atoms with E-state index in [-0.39, 0.29) is 42.9 Å². The van der Waals surface area contributed by atoms with E-state index < -0.39 is 23.6 Å². The molecule has 0 aliphatic heterocycles. The topological polar surface area (TPSA) is 78.8 Å². The Morgan fingerprint density at radius 2 is 1.62 bits per heavy atom. The molecule has 5 nitrogen and oxygen atoms in total. The number of anilines is 1. The molecule has 138 valence electrons. The van der Waals surface area contributed by atoms with Gasteiger partial charge in [0.25, 0.3) is 0 Å². The summed E-state index contributed by atoms with van der Waals surface area (Å²) in [7, 11) is 0. The molecule has 1 aliphatic carbocycles. The number of rotatable bonds is 6. The summed E-state index contributed by atoms with van der Waals surface area (Å²) < 4.78 is 33.7. The van der Waals surface area contributed by atoms with Crippen LogP contribution < -0.4 is 5.32 Å². The Bertz CT molecular complexity index is 751. The van der Waals surface area contributed by atoms with Gasteiger partial charge in [-0.05, 0) is 29.5 Å². The molecule has 1 amide bonds. The van der Waals surface area contributed by atoms with Gasteiger partial charge in [-0.25, -0.2) is 13.6 Å². The van der Waals surface area contributed by atoms with Crippen molar-refractivity contribution in [1.29, 1.82) is 0 Å². The normalized spacial score (nSPS) is 21.3. The Morgan fingerprint density at radius 1 is 1.04 bits per heavy atom. The lowest BCUT2D eigenvalue weighted by molar-refractivity contribution is 0.155. The Kier molecular flexibility index (Phi) is 5.49. The number of benzene rings is 2. The van der Waals surface area contributed by atoms with E-state index in [0.717, 1.165) is 17.7 Å². The summed E-state index contributed by atoms with van der Waals surface area (Å²) in [5.74, 6) is -2.95. The fourth-order valence-corrected chi connectivity index (χ4v) is 3.22. The summed E-state index contributed by atoms with van der Waals surface area (Å²) in [4.78, 5) is 11.8. The second-order valence-corrected chi connectivity index (χ2v) is 6.26. The second-order valence-electron chi connectivity index (χ2n) is 6.26. The van der Waals surface area contributed by atoms with Crippen molar-refractivity contribution in [3.8, 4) is 0 Å². The maximum absolute atomic E-state index is 14.3. The molecule has 3 N–H and O–H groups in total. The van der Waals surface area contributed by atoms with Gasteiger partial charge in [0.1, 0.15) is 18.2 Å². The molecule has 1 fully saturated rings. The number of nitrogens with one attached hydrogen (secondary N) is 1. The Morgan fingerprint density at radius 3 is 2.15 bits per heavy atom.